The molecule has 2 heterocycles. The third kappa shape index (κ3) is 4.84. The summed E-state index contributed by atoms with van der Waals surface area (Å²) in [5.41, 5.74) is 0.574. The maximum atomic E-state index is 14.1. The minimum absolute atomic E-state index is 0.0254. The van der Waals surface area contributed by atoms with Crippen LogP contribution in [0.15, 0.2) is 64.5 Å². The van der Waals surface area contributed by atoms with Gasteiger partial charge in [0.1, 0.15) is 4.88 Å². The molecule has 3 nitrogen and oxygen atoms in total. The molecule has 2 aromatic heterocycles. The van der Waals surface area contributed by atoms with E-state index in [1.165, 1.54) is 12.3 Å². The van der Waals surface area contributed by atoms with Crippen molar-refractivity contribution >= 4 is 62.5 Å². The van der Waals surface area contributed by atoms with Gasteiger partial charge in [-0.25, -0.2) is 4.79 Å². The lowest BCUT2D eigenvalue weighted by Crippen LogP contribution is -2.07. The zero-order valence-electron chi connectivity index (χ0n) is 16.9. The normalized spacial score (nSPS) is 11.7. The lowest BCUT2D eigenvalue weighted by Gasteiger charge is -2.11. The Morgan fingerprint density at radius 2 is 1.88 bits per heavy atom. The molecule has 0 aliphatic carbocycles. The van der Waals surface area contributed by atoms with Crippen molar-refractivity contribution in [2.24, 2.45) is 0 Å². The van der Waals surface area contributed by atoms with E-state index in [1.807, 2.05) is 0 Å². The molecular formula is C23H14Cl2F3NO2S2. The predicted molar refractivity (Wildman–Crippen MR) is 127 cm³/mol. The van der Waals surface area contributed by atoms with E-state index in [0.29, 0.717) is 36.7 Å². The van der Waals surface area contributed by atoms with Crippen LogP contribution in [0, 0.1) is 0 Å². The maximum absolute atomic E-state index is 14.1. The van der Waals surface area contributed by atoms with Gasteiger partial charge in [0.25, 0.3) is 0 Å². The van der Waals surface area contributed by atoms with Gasteiger partial charge in [-0.2, -0.15) is 13.2 Å². The van der Waals surface area contributed by atoms with Crippen LogP contribution in [-0.2, 0) is 10.9 Å². The van der Waals surface area contributed by atoms with Gasteiger partial charge in [0.05, 0.1) is 27.4 Å². The molecule has 170 valence electrons. The van der Waals surface area contributed by atoms with Gasteiger partial charge in [-0.1, -0.05) is 65.3 Å². The van der Waals surface area contributed by atoms with Crippen molar-refractivity contribution in [2.45, 2.75) is 22.9 Å². The molecule has 0 unspecified atom stereocenters. The van der Waals surface area contributed by atoms with E-state index in [4.69, 9.17) is 27.9 Å². The summed E-state index contributed by atoms with van der Waals surface area (Å²) >= 11 is 13.9. The first-order chi connectivity index (χ1) is 15.7. The summed E-state index contributed by atoms with van der Waals surface area (Å²) in [6.07, 6.45) is -3.35. The molecule has 33 heavy (non-hydrogen) atoms. The van der Waals surface area contributed by atoms with E-state index in [9.17, 15) is 18.0 Å². The van der Waals surface area contributed by atoms with Crippen LogP contribution in [0.25, 0.3) is 21.3 Å². The fraction of sp³-hybridized carbons (Fsp3) is 0.130. The number of hydrogen-bond acceptors (Lipinski definition) is 5. The Labute approximate surface area is 205 Å². The molecule has 0 aliphatic rings. The van der Waals surface area contributed by atoms with Crippen LogP contribution in [0.1, 0.15) is 22.2 Å². The van der Waals surface area contributed by atoms with Crippen LogP contribution in [0.4, 0.5) is 13.2 Å². The van der Waals surface area contributed by atoms with Crippen LogP contribution < -0.4 is 0 Å². The Balaban J connectivity index is 2.02. The predicted octanol–water partition coefficient (Wildman–Crippen LogP) is 8.62. The first-order valence-electron chi connectivity index (χ1n) is 9.58. The second-order valence-corrected chi connectivity index (χ2v) is 9.66. The monoisotopic (exact) mass is 527 g/mol. The highest BCUT2D eigenvalue weighted by Gasteiger charge is 2.38. The summed E-state index contributed by atoms with van der Waals surface area (Å²) in [6.45, 7) is 1.75. The fourth-order valence-electron chi connectivity index (χ4n) is 3.21. The number of carbonyl (C=O) groups excluding carboxylic acids is 1. The lowest BCUT2D eigenvalue weighted by molar-refractivity contribution is -0.133. The second-order valence-electron chi connectivity index (χ2n) is 6.75. The molecular weight excluding hydrogens is 514 g/mol. The second kappa shape index (κ2) is 9.54. The van der Waals surface area contributed by atoms with Gasteiger partial charge >= 0.3 is 12.1 Å². The van der Waals surface area contributed by atoms with Crippen molar-refractivity contribution in [3.05, 3.63) is 75.2 Å². The smallest absolute Gasteiger partial charge is 0.426 e. The summed E-state index contributed by atoms with van der Waals surface area (Å²) in [5.74, 6) is -0.678. The number of ether oxygens (including phenoxy) is 1. The van der Waals surface area contributed by atoms with Gasteiger partial charge in [0.2, 0.25) is 0 Å². The molecule has 4 rings (SSSR count). The van der Waals surface area contributed by atoms with E-state index in [2.05, 4.69) is 4.98 Å². The van der Waals surface area contributed by atoms with Crippen molar-refractivity contribution < 1.29 is 22.7 Å². The van der Waals surface area contributed by atoms with E-state index in [0.717, 1.165) is 11.8 Å². The third-order valence-electron chi connectivity index (χ3n) is 4.58. The number of fused-ring (bicyclic) bond motifs is 1. The fourth-order valence-corrected chi connectivity index (χ4v) is 6.02. The van der Waals surface area contributed by atoms with Crippen LogP contribution in [0.5, 0.6) is 0 Å². The summed E-state index contributed by atoms with van der Waals surface area (Å²) < 4.78 is 47.6. The number of aromatic nitrogens is 1. The number of hydrogen-bond donors (Lipinski definition) is 0. The molecule has 4 aromatic rings. The lowest BCUT2D eigenvalue weighted by atomic mass is 10.0. The highest BCUT2D eigenvalue weighted by Crippen LogP contribution is 2.50. The Morgan fingerprint density at radius 1 is 1.15 bits per heavy atom. The number of halogens is 5. The Hall–Kier alpha value is -2.26. The molecule has 0 saturated heterocycles. The first-order valence-corrected chi connectivity index (χ1v) is 12.0. The maximum Gasteiger partial charge on any atom is 0.426 e. The van der Waals surface area contributed by atoms with Crippen LogP contribution in [-0.4, -0.2) is 17.6 Å². The van der Waals surface area contributed by atoms with Crippen LogP contribution in [0.3, 0.4) is 0 Å². The minimum atomic E-state index is -4.61. The topological polar surface area (TPSA) is 39.2 Å². The number of thiophene rings is 1. The van der Waals surface area contributed by atoms with E-state index in [-0.39, 0.29) is 28.0 Å². The van der Waals surface area contributed by atoms with Crippen LogP contribution in [0.2, 0.25) is 10.0 Å². The quantitative estimate of drug-likeness (QED) is 0.243. The Kier molecular flexibility index (Phi) is 6.91. The summed E-state index contributed by atoms with van der Waals surface area (Å²) in [4.78, 5) is 17.0. The Bertz CT molecular complexity index is 1340. The van der Waals surface area contributed by atoms with Crippen molar-refractivity contribution in [1.29, 1.82) is 0 Å². The molecule has 0 bridgehead atoms. The van der Waals surface area contributed by atoms with Crippen molar-refractivity contribution in [2.75, 3.05) is 6.61 Å². The summed E-state index contributed by atoms with van der Waals surface area (Å²) in [6, 6.07) is 13.0. The highest BCUT2D eigenvalue weighted by molar-refractivity contribution is 8.00. The van der Waals surface area contributed by atoms with Gasteiger partial charge in [0, 0.05) is 26.6 Å². The standard InChI is InChI=1S/C23H14Cl2F3NO2S2/c1-2-31-22(30)14-11-29-18-17(12-6-4-3-5-7-12)21(23(26,27)28)33-20(18)19(14)32-16-9-8-13(24)10-15(16)25/h3-11H,2H2,1H3. The van der Waals surface area contributed by atoms with Crippen molar-refractivity contribution in [3.8, 4) is 11.1 Å². The number of benzene rings is 2. The molecule has 0 fully saturated rings. The van der Waals surface area contributed by atoms with Crippen LogP contribution >= 0.6 is 46.3 Å². The van der Waals surface area contributed by atoms with Crippen molar-refractivity contribution in [3.63, 3.8) is 0 Å². The van der Waals surface area contributed by atoms with E-state index >= 15 is 0 Å². The molecule has 0 spiro atoms. The zero-order valence-corrected chi connectivity index (χ0v) is 20.0. The number of carbonyl (C=O) groups is 1. The van der Waals surface area contributed by atoms with Gasteiger partial charge < -0.3 is 4.74 Å². The molecule has 10 heteroatoms. The Morgan fingerprint density at radius 3 is 2.52 bits per heavy atom. The number of alkyl halides is 3. The molecule has 0 atom stereocenters. The molecule has 2 aromatic carbocycles. The largest absolute Gasteiger partial charge is 0.462 e. The summed E-state index contributed by atoms with van der Waals surface area (Å²) in [5, 5.41) is 0.722. The zero-order chi connectivity index (χ0) is 23.8. The van der Waals surface area contributed by atoms with E-state index in [1.54, 1.807) is 49.4 Å². The molecule has 0 saturated carbocycles. The number of nitrogens with zero attached hydrogens (tertiary/aromatic N) is 1. The first kappa shape index (κ1) is 23.9. The van der Waals surface area contributed by atoms with Gasteiger partial charge in [-0.3, -0.25) is 4.98 Å². The number of esters is 1. The van der Waals surface area contributed by atoms with Gasteiger partial charge in [-0.05, 0) is 30.7 Å². The number of rotatable bonds is 5. The minimum Gasteiger partial charge on any atom is -0.462 e. The average molecular weight is 528 g/mol. The highest BCUT2D eigenvalue weighted by atomic mass is 35.5. The van der Waals surface area contributed by atoms with Gasteiger partial charge in [0.15, 0.2) is 0 Å². The molecule has 0 amide bonds. The molecule has 0 radical (unpaired) electrons. The third-order valence-corrected chi connectivity index (χ3v) is 7.81. The molecule has 0 aliphatic heterocycles. The summed E-state index contributed by atoms with van der Waals surface area (Å²) in [7, 11) is 0. The number of pyridine rings is 1. The SMILES string of the molecule is CCOC(=O)c1cnc2c(-c3ccccc3)c(C(F)(F)F)sc2c1Sc1ccc(Cl)cc1Cl. The van der Waals surface area contributed by atoms with E-state index < -0.39 is 17.0 Å². The average Bonchev–Trinajstić information content (AvgIpc) is 3.17. The van der Waals surface area contributed by atoms with Crippen molar-refractivity contribution in [1.82, 2.24) is 4.98 Å². The molecule has 0 N–H and O–H groups in total. The van der Waals surface area contributed by atoms with Gasteiger partial charge in [-0.15, -0.1) is 11.3 Å².